The first kappa shape index (κ1) is 11.1. The summed E-state index contributed by atoms with van der Waals surface area (Å²) in [6.07, 6.45) is 4.75. The molecular weight excluding hydrogens is 158 g/mol. The molecule has 4 heteroatoms. The van der Waals surface area contributed by atoms with Crippen LogP contribution < -0.4 is 0 Å². The molecule has 1 unspecified atom stereocenters. The minimum atomic E-state index is -0.984. The number of carbonyl (C=O) groups excluding carboxylic acids is 1. The maximum atomic E-state index is 10.2. The van der Waals surface area contributed by atoms with Gasteiger partial charge in [-0.25, -0.2) is 0 Å². The molecule has 0 spiro atoms. The van der Waals surface area contributed by atoms with Crippen molar-refractivity contribution in [2.45, 2.75) is 45.1 Å². The van der Waals surface area contributed by atoms with Crippen LogP contribution in [0.5, 0.6) is 0 Å². The van der Waals surface area contributed by atoms with Crippen LogP contribution in [0, 0.1) is 10.1 Å². The molecule has 1 atom stereocenters. The van der Waals surface area contributed by atoms with Crippen LogP contribution in [-0.4, -0.2) is 17.3 Å². The molecule has 0 aliphatic carbocycles. The number of hydrogen-bond acceptors (Lipinski definition) is 3. The van der Waals surface area contributed by atoms with Crippen molar-refractivity contribution in [1.82, 2.24) is 0 Å². The minimum Gasteiger partial charge on any atom is -0.296 e. The zero-order valence-electron chi connectivity index (χ0n) is 7.36. The molecule has 70 valence electrons. The predicted octanol–water partition coefficient (Wildman–Crippen LogP) is 1.80. The summed E-state index contributed by atoms with van der Waals surface area (Å²) >= 11 is 0. The second-order valence-corrected chi connectivity index (χ2v) is 2.84. The van der Waals surface area contributed by atoms with Gasteiger partial charge < -0.3 is 0 Å². The molecule has 0 aliphatic rings. The number of rotatable bonds is 7. The van der Waals surface area contributed by atoms with Crippen LogP contribution in [0.3, 0.4) is 0 Å². The smallest absolute Gasteiger partial charge is 0.267 e. The second kappa shape index (κ2) is 6.76. The first-order valence-electron chi connectivity index (χ1n) is 4.31. The Hall–Kier alpha value is -0.930. The minimum absolute atomic E-state index is 0.385. The molecule has 0 saturated heterocycles. The third kappa shape index (κ3) is 4.82. The Morgan fingerprint density at radius 1 is 1.42 bits per heavy atom. The molecule has 0 bridgehead atoms. The predicted molar refractivity (Wildman–Crippen MR) is 45.6 cm³/mol. The average molecular weight is 173 g/mol. The fraction of sp³-hybridized carbons (Fsp3) is 0.875. The maximum Gasteiger partial charge on any atom is 0.267 e. The van der Waals surface area contributed by atoms with Gasteiger partial charge in [0.2, 0.25) is 0 Å². The lowest BCUT2D eigenvalue weighted by atomic mass is 10.1. The molecule has 4 nitrogen and oxygen atoms in total. The van der Waals surface area contributed by atoms with Gasteiger partial charge in [-0.15, -0.1) is 0 Å². The molecule has 12 heavy (non-hydrogen) atoms. The number of carbonyl (C=O) groups is 1. The number of aldehydes is 1. The SMILES string of the molecule is CCCCCCC(C=O)[N+](=O)[O-]. The zero-order valence-corrected chi connectivity index (χ0v) is 7.36. The molecular formula is C8H15NO3. The highest BCUT2D eigenvalue weighted by molar-refractivity contribution is 5.55. The van der Waals surface area contributed by atoms with Crippen molar-refractivity contribution in [1.29, 1.82) is 0 Å². The molecule has 0 saturated carbocycles. The van der Waals surface area contributed by atoms with Gasteiger partial charge in [-0.05, 0) is 6.42 Å². The lowest BCUT2D eigenvalue weighted by Crippen LogP contribution is -2.20. The van der Waals surface area contributed by atoms with Crippen molar-refractivity contribution < 1.29 is 9.72 Å². The zero-order chi connectivity index (χ0) is 9.40. The van der Waals surface area contributed by atoms with E-state index in [0.717, 1.165) is 25.7 Å². The van der Waals surface area contributed by atoms with Crippen molar-refractivity contribution in [3.63, 3.8) is 0 Å². The van der Waals surface area contributed by atoms with Crippen molar-refractivity contribution in [3.05, 3.63) is 10.1 Å². The van der Waals surface area contributed by atoms with E-state index in [-0.39, 0.29) is 0 Å². The van der Waals surface area contributed by atoms with E-state index in [1.165, 1.54) is 0 Å². The fourth-order valence-electron chi connectivity index (χ4n) is 1.00. The summed E-state index contributed by atoms with van der Waals surface area (Å²) in [6.45, 7) is 2.07. The van der Waals surface area contributed by atoms with E-state index in [2.05, 4.69) is 6.92 Å². The van der Waals surface area contributed by atoms with Gasteiger partial charge in [0, 0.05) is 11.3 Å². The van der Waals surface area contributed by atoms with Crippen LogP contribution in [-0.2, 0) is 4.79 Å². The number of hydrogen-bond donors (Lipinski definition) is 0. The van der Waals surface area contributed by atoms with Gasteiger partial charge in [0.15, 0.2) is 6.29 Å². The summed E-state index contributed by atoms with van der Waals surface area (Å²) in [7, 11) is 0. The Labute approximate surface area is 72.1 Å². The van der Waals surface area contributed by atoms with Crippen LogP contribution in [0.15, 0.2) is 0 Å². The van der Waals surface area contributed by atoms with Crippen LogP contribution in [0.2, 0.25) is 0 Å². The molecule has 0 heterocycles. The molecule has 0 aliphatic heterocycles. The van der Waals surface area contributed by atoms with Gasteiger partial charge in [-0.3, -0.25) is 14.9 Å². The first-order valence-corrected chi connectivity index (χ1v) is 4.31. The Morgan fingerprint density at radius 3 is 2.50 bits per heavy atom. The topological polar surface area (TPSA) is 60.2 Å². The molecule has 0 aromatic heterocycles. The van der Waals surface area contributed by atoms with Crippen molar-refractivity contribution >= 4 is 6.29 Å². The van der Waals surface area contributed by atoms with E-state index in [1.807, 2.05) is 0 Å². The number of unbranched alkanes of at least 4 members (excludes halogenated alkanes) is 3. The molecule has 0 radical (unpaired) electrons. The molecule has 0 aromatic carbocycles. The standard InChI is InChI=1S/C8H15NO3/c1-2-3-4-5-6-8(7-10)9(11)12/h7-8H,2-6H2,1H3. The van der Waals surface area contributed by atoms with Crippen molar-refractivity contribution in [2.24, 2.45) is 0 Å². The van der Waals surface area contributed by atoms with Gasteiger partial charge in [0.25, 0.3) is 6.04 Å². The quantitative estimate of drug-likeness (QED) is 0.255. The lowest BCUT2D eigenvalue weighted by molar-refractivity contribution is -0.506. The van der Waals surface area contributed by atoms with Gasteiger partial charge in [0.05, 0.1) is 0 Å². The van der Waals surface area contributed by atoms with Crippen LogP contribution >= 0.6 is 0 Å². The Bertz CT molecular complexity index is 147. The first-order chi connectivity index (χ1) is 5.72. The van der Waals surface area contributed by atoms with E-state index in [4.69, 9.17) is 0 Å². The Balaban J connectivity index is 3.45. The summed E-state index contributed by atoms with van der Waals surface area (Å²) in [5, 5.41) is 10.2. The summed E-state index contributed by atoms with van der Waals surface area (Å²) < 4.78 is 0. The van der Waals surface area contributed by atoms with E-state index in [1.54, 1.807) is 0 Å². The highest BCUT2D eigenvalue weighted by atomic mass is 16.6. The van der Waals surface area contributed by atoms with E-state index >= 15 is 0 Å². The van der Waals surface area contributed by atoms with E-state index in [0.29, 0.717) is 12.7 Å². The summed E-state index contributed by atoms with van der Waals surface area (Å²) in [5.74, 6) is 0. The molecule has 0 rings (SSSR count). The second-order valence-electron chi connectivity index (χ2n) is 2.84. The van der Waals surface area contributed by atoms with Gasteiger partial charge in [-0.2, -0.15) is 0 Å². The molecule has 0 N–H and O–H groups in total. The van der Waals surface area contributed by atoms with E-state index < -0.39 is 11.0 Å². The molecule has 0 amide bonds. The van der Waals surface area contributed by atoms with Gasteiger partial charge in [-0.1, -0.05) is 26.2 Å². The highest BCUT2D eigenvalue weighted by Crippen LogP contribution is 2.05. The third-order valence-electron chi connectivity index (χ3n) is 1.78. The lowest BCUT2D eigenvalue weighted by Gasteiger charge is -2.00. The van der Waals surface area contributed by atoms with Crippen LogP contribution in [0.4, 0.5) is 0 Å². The average Bonchev–Trinajstić information content (AvgIpc) is 2.04. The maximum absolute atomic E-state index is 10.2. The Morgan fingerprint density at radius 2 is 2.08 bits per heavy atom. The molecule has 0 fully saturated rings. The third-order valence-corrected chi connectivity index (χ3v) is 1.78. The number of nitrogens with zero attached hydrogens (tertiary/aromatic N) is 1. The van der Waals surface area contributed by atoms with Crippen LogP contribution in [0.1, 0.15) is 39.0 Å². The molecule has 0 aromatic rings. The van der Waals surface area contributed by atoms with Crippen molar-refractivity contribution in [2.75, 3.05) is 0 Å². The summed E-state index contributed by atoms with van der Waals surface area (Å²) in [6, 6.07) is -0.984. The fourth-order valence-corrected chi connectivity index (χ4v) is 1.00. The van der Waals surface area contributed by atoms with Crippen molar-refractivity contribution in [3.8, 4) is 0 Å². The van der Waals surface area contributed by atoms with Gasteiger partial charge in [0.1, 0.15) is 0 Å². The van der Waals surface area contributed by atoms with E-state index in [9.17, 15) is 14.9 Å². The monoisotopic (exact) mass is 173 g/mol. The number of nitro groups is 1. The summed E-state index contributed by atoms with van der Waals surface area (Å²) in [5.41, 5.74) is 0. The Kier molecular flexibility index (Phi) is 6.24. The van der Waals surface area contributed by atoms with Gasteiger partial charge >= 0.3 is 0 Å². The normalized spacial score (nSPS) is 12.4. The largest absolute Gasteiger partial charge is 0.296 e. The summed E-state index contributed by atoms with van der Waals surface area (Å²) in [4.78, 5) is 19.8. The highest BCUT2D eigenvalue weighted by Gasteiger charge is 2.16. The van der Waals surface area contributed by atoms with Crippen LogP contribution in [0.25, 0.3) is 0 Å².